The predicted octanol–water partition coefficient (Wildman–Crippen LogP) is 2.14. The zero-order chi connectivity index (χ0) is 19.7. The lowest BCUT2D eigenvalue weighted by atomic mass is 10.1. The Morgan fingerprint density at radius 3 is 2.37 bits per heavy atom. The summed E-state index contributed by atoms with van der Waals surface area (Å²) in [6.07, 6.45) is 0.907. The van der Waals surface area contributed by atoms with E-state index in [1.165, 1.54) is 13.0 Å². The van der Waals surface area contributed by atoms with Gasteiger partial charge in [-0.3, -0.25) is 14.3 Å². The predicted molar refractivity (Wildman–Crippen MR) is 106 cm³/mol. The third-order valence-electron chi connectivity index (χ3n) is 3.63. The molecule has 0 heterocycles. The van der Waals surface area contributed by atoms with Crippen LogP contribution in [0.2, 0.25) is 0 Å². The molecule has 0 saturated heterocycles. The summed E-state index contributed by atoms with van der Waals surface area (Å²) in [6, 6.07) is 16.0. The van der Waals surface area contributed by atoms with E-state index in [4.69, 9.17) is 0 Å². The molecule has 0 atom stereocenters. The highest BCUT2D eigenvalue weighted by Gasteiger charge is 2.12. The first-order valence-electron chi connectivity index (χ1n) is 8.53. The van der Waals surface area contributed by atoms with Crippen molar-refractivity contribution in [2.75, 3.05) is 22.3 Å². The fourth-order valence-electron chi connectivity index (χ4n) is 2.41. The summed E-state index contributed by atoms with van der Waals surface area (Å²) in [5.41, 5.74) is 1.90. The number of carbonyl (C=O) groups is 2. The summed E-state index contributed by atoms with van der Waals surface area (Å²) in [5.74, 6) is -0.677. The summed E-state index contributed by atoms with van der Waals surface area (Å²) in [7, 11) is -3.62. The van der Waals surface area contributed by atoms with Crippen molar-refractivity contribution in [2.45, 2.75) is 19.8 Å². The maximum absolute atomic E-state index is 12.1. The van der Waals surface area contributed by atoms with Crippen LogP contribution >= 0.6 is 0 Å². The highest BCUT2D eigenvalue weighted by Crippen LogP contribution is 2.16. The van der Waals surface area contributed by atoms with E-state index in [0.29, 0.717) is 24.2 Å². The van der Waals surface area contributed by atoms with Crippen LogP contribution < -0.4 is 15.4 Å². The van der Waals surface area contributed by atoms with E-state index >= 15 is 0 Å². The fraction of sp³-hybridized carbons (Fsp3) is 0.263. The van der Waals surface area contributed by atoms with Crippen molar-refractivity contribution < 1.29 is 18.0 Å². The van der Waals surface area contributed by atoms with E-state index < -0.39 is 10.0 Å². The molecule has 3 N–H and O–H groups in total. The molecular weight excluding hydrogens is 366 g/mol. The topological polar surface area (TPSA) is 104 Å². The highest BCUT2D eigenvalue weighted by molar-refractivity contribution is 7.92. The third-order valence-corrected chi connectivity index (χ3v) is 4.92. The van der Waals surface area contributed by atoms with Crippen LogP contribution in [0.4, 0.5) is 11.4 Å². The van der Waals surface area contributed by atoms with Crippen LogP contribution in [0.15, 0.2) is 54.6 Å². The molecule has 2 aromatic rings. The Hall–Kier alpha value is -2.87. The first-order chi connectivity index (χ1) is 12.8. The van der Waals surface area contributed by atoms with E-state index in [0.717, 1.165) is 5.56 Å². The average molecular weight is 389 g/mol. The zero-order valence-corrected chi connectivity index (χ0v) is 15.9. The normalized spacial score (nSPS) is 10.9. The average Bonchev–Trinajstić information content (AvgIpc) is 2.60. The Labute approximate surface area is 159 Å². The number of aryl methyl sites for hydroxylation is 1. The van der Waals surface area contributed by atoms with E-state index in [1.807, 2.05) is 30.3 Å². The van der Waals surface area contributed by atoms with Crippen LogP contribution in [0.5, 0.6) is 0 Å². The van der Waals surface area contributed by atoms with Gasteiger partial charge in [0, 0.05) is 25.6 Å². The van der Waals surface area contributed by atoms with Crippen molar-refractivity contribution in [3.63, 3.8) is 0 Å². The molecule has 0 unspecified atom stereocenters. The van der Waals surface area contributed by atoms with E-state index in [2.05, 4.69) is 15.4 Å². The highest BCUT2D eigenvalue weighted by atomic mass is 32.2. The fourth-order valence-corrected chi connectivity index (χ4v) is 3.37. The quantitative estimate of drug-likeness (QED) is 0.611. The van der Waals surface area contributed by atoms with Crippen molar-refractivity contribution in [3.05, 3.63) is 60.2 Å². The Morgan fingerprint density at radius 1 is 0.963 bits per heavy atom. The van der Waals surface area contributed by atoms with Gasteiger partial charge in [0.2, 0.25) is 21.8 Å². The molecule has 0 aliphatic carbocycles. The van der Waals surface area contributed by atoms with Gasteiger partial charge in [0.05, 0.1) is 11.4 Å². The van der Waals surface area contributed by atoms with E-state index in [9.17, 15) is 18.0 Å². The van der Waals surface area contributed by atoms with Gasteiger partial charge < -0.3 is 10.6 Å². The summed E-state index contributed by atoms with van der Waals surface area (Å²) >= 11 is 0. The minimum Gasteiger partial charge on any atom is -0.355 e. The molecule has 2 aromatic carbocycles. The SMILES string of the molecule is CC(=O)Nc1cccc(NS(=O)(=O)CCNC(=O)CCc2ccccc2)c1. The van der Waals surface area contributed by atoms with E-state index in [-0.39, 0.29) is 24.1 Å². The molecule has 0 aliphatic heterocycles. The van der Waals surface area contributed by atoms with Crippen LogP contribution in [0.1, 0.15) is 18.9 Å². The second-order valence-electron chi connectivity index (χ2n) is 6.02. The summed E-state index contributed by atoms with van der Waals surface area (Å²) < 4.78 is 26.7. The van der Waals surface area contributed by atoms with Crippen LogP contribution in [0, 0.1) is 0 Å². The van der Waals surface area contributed by atoms with Crippen LogP contribution in [-0.2, 0) is 26.0 Å². The van der Waals surface area contributed by atoms with Crippen molar-refractivity contribution >= 4 is 33.2 Å². The second kappa shape index (κ2) is 9.72. The van der Waals surface area contributed by atoms with Gasteiger partial charge in [0.25, 0.3) is 0 Å². The maximum Gasteiger partial charge on any atom is 0.234 e. The smallest absolute Gasteiger partial charge is 0.234 e. The number of nitrogens with one attached hydrogen (secondary N) is 3. The number of benzene rings is 2. The number of carbonyl (C=O) groups excluding carboxylic acids is 2. The number of rotatable bonds is 9. The minimum absolute atomic E-state index is 0.0222. The lowest BCUT2D eigenvalue weighted by Gasteiger charge is -2.10. The third kappa shape index (κ3) is 7.91. The van der Waals surface area contributed by atoms with Crippen molar-refractivity contribution in [2.24, 2.45) is 0 Å². The van der Waals surface area contributed by atoms with Gasteiger partial charge in [0.15, 0.2) is 0 Å². The molecule has 2 amide bonds. The van der Waals surface area contributed by atoms with Gasteiger partial charge >= 0.3 is 0 Å². The first-order valence-corrected chi connectivity index (χ1v) is 10.2. The Morgan fingerprint density at radius 2 is 1.67 bits per heavy atom. The van der Waals surface area contributed by atoms with Crippen LogP contribution in [0.25, 0.3) is 0 Å². The van der Waals surface area contributed by atoms with Gasteiger partial charge in [-0.15, -0.1) is 0 Å². The molecule has 0 aliphatic rings. The molecular formula is C19H23N3O4S. The molecule has 7 nitrogen and oxygen atoms in total. The molecule has 0 bridgehead atoms. The van der Waals surface area contributed by atoms with Crippen LogP contribution in [0.3, 0.4) is 0 Å². The monoisotopic (exact) mass is 389 g/mol. The molecule has 0 aromatic heterocycles. The van der Waals surface area contributed by atoms with Gasteiger partial charge in [-0.05, 0) is 30.2 Å². The number of anilines is 2. The lowest BCUT2D eigenvalue weighted by molar-refractivity contribution is -0.121. The number of sulfonamides is 1. The lowest BCUT2D eigenvalue weighted by Crippen LogP contribution is -2.31. The summed E-state index contributed by atoms with van der Waals surface area (Å²) in [6.45, 7) is 1.39. The molecule has 0 spiro atoms. The Balaban J connectivity index is 1.77. The van der Waals surface area contributed by atoms with Crippen molar-refractivity contribution in [1.29, 1.82) is 0 Å². The van der Waals surface area contributed by atoms with Gasteiger partial charge in [-0.1, -0.05) is 36.4 Å². The maximum atomic E-state index is 12.1. The van der Waals surface area contributed by atoms with Crippen LogP contribution in [-0.4, -0.2) is 32.5 Å². The zero-order valence-electron chi connectivity index (χ0n) is 15.1. The Kier molecular flexibility index (Phi) is 7.36. The first kappa shape index (κ1) is 20.4. The number of hydrogen-bond donors (Lipinski definition) is 3. The molecule has 2 rings (SSSR count). The van der Waals surface area contributed by atoms with Gasteiger partial charge in [-0.2, -0.15) is 0 Å². The largest absolute Gasteiger partial charge is 0.355 e. The number of hydrogen-bond acceptors (Lipinski definition) is 4. The van der Waals surface area contributed by atoms with Gasteiger partial charge in [0.1, 0.15) is 0 Å². The number of amides is 2. The second-order valence-corrected chi connectivity index (χ2v) is 7.86. The summed E-state index contributed by atoms with van der Waals surface area (Å²) in [5, 5.41) is 5.20. The van der Waals surface area contributed by atoms with Crippen molar-refractivity contribution in [1.82, 2.24) is 5.32 Å². The Bertz CT molecular complexity index is 883. The molecule has 27 heavy (non-hydrogen) atoms. The minimum atomic E-state index is -3.62. The molecule has 144 valence electrons. The van der Waals surface area contributed by atoms with Gasteiger partial charge in [-0.25, -0.2) is 8.42 Å². The molecule has 0 fully saturated rings. The molecule has 8 heteroatoms. The van der Waals surface area contributed by atoms with E-state index in [1.54, 1.807) is 18.2 Å². The molecule has 0 saturated carbocycles. The van der Waals surface area contributed by atoms with Crippen molar-refractivity contribution in [3.8, 4) is 0 Å². The standard InChI is InChI=1S/C19H23N3O4S/c1-15(23)21-17-8-5-9-18(14-17)22-27(25,26)13-12-20-19(24)11-10-16-6-3-2-4-7-16/h2-9,14,22H,10-13H2,1H3,(H,20,24)(H,21,23). The molecule has 0 radical (unpaired) electrons. The summed E-state index contributed by atoms with van der Waals surface area (Å²) in [4.78, 5) is 22.9.